The van der Waals surface area contributed by atoms with Crippen LogP contribution in [0.2, 0.25) is 0 Å². The Balaban J connectivity index is 1.89. The predicted octanol–water partition coefficient (Wildman–Crippen LogP) is 2.74. The topological polar surface area (TPSA) is 52.0 Å². The van der Waals surface area contributed by atoms with Crippen molar-refractivity contribution in [3.63, 3.8) is 0 Å². The van der Waals surface area contributed by atoms with Gasteiger partial charge in [-0.2, -0.15) is 0 Å². The van der Waals surface area contributed by atoms with Gasteiger partial charge in [0.1, 0.15) is 5.76 Å². The lowest BCUT2D eigenvalue weighted by Crippen LogP contribution is -2.27. The van der Waals surface area contributed by atoms with Crippen molar-refractivity contribution in [1.82, 2.24) is 4.98 Å². The molecule has 0 aromatic carbocycles. The Hall–Kier alpha value is -1.61. The molecule has 0 fully saturated rings. The first-order chi connectivity index (χ1) is 8.27. The van der Waals surface area contributed by atoms with Crippen LogP contribution < -0.4 is 5.73 Å². The highest BCUT2D eigenvalue weighted by atomic mass is 16.3. The van der Waals surface area contributed by atoms with E-state index in [0.717, 1.165) is 24.3 Å². The zero-order chi connectivity index (χ0) is 12.1. The van der Waals surface area contributed by atoms with E-state index in [9.17, 15) is 0 Å². The van der Waals surface area contributed by atoms with Crippen LogP contribution in [0.15, 0.2) is 47.2 Å². The lowest BCUT2D eigenvalue weighted by Gasteiger charge is -2.18. The number of rotatable bonds is 5. The summed E-state index contributed by atoms with van der Waals surface area (Å²) in [5, 5.41) is 0. The van der Waals surface area contributed by atoms with E-state index in [1.54, 1.807) is 6.26 Å². The molecule has 2 rings (SSSR count). The summed E-state index contributed by atoms with van der Waals surface area (Å²) in [5.41, 5.74) is 7.24. The molecule has 90 valence electrons. The third-order valence-electron chi connectivity index (χ3n) is 3.10. The van der Waals surface area contributed by atoms with E-state index in [-0.39, 0.29) is 12.0 Å². The average molecular weight is 230 g/mol. The first kappa shape index (κ1) is 11.9. The van der Waals surface area contributed by atoms with Crippen molar-refractivity contribution in [2.24, 2.45) is 5.73 Å². The lowest BCUT2D eigenvalue weighted by molar-refractivity contribution is 0.462. The summed E-state index contributed by atoms with van der Waals surface area (Å²) >= 11 is 0. The Morgan fingerprint density at radius 3 is 2.82 bits per heavy atom. The molecule has 0 aliphatic carbocycles. The highest BCUT2D eigenvalue weighted by Crippen LogP contribution is 2.18. The number of aryl methyl sites for hydroxylation is 1. The number of aromatic nitrogens is 1. The summed E-state index contributed by atoms with van der Waals surface area (Å²) in [6.45, 7) is 2.12. The molecule has 17 heavy (non-hydrogen) atoms. The van der Waals surface area contributed by atoms with E-state index in [0.29, 0.717) is 0 Å². The highest BCUT2D eigenvalue weighted by Gasteiger charge is 2.16. The zero-order valence-electron chi connectivity index (χ0n) is 10.0. The van der Waals surface area contributed by atoms with Crippen molar-refractivity contribution in [2.75, 3.05) is 0 Å². The quantitative estimate of drug-likeness (QED) is 0.859. The summed E-state index contributed by atoms with van der Waals surface area (Å²) in [4.78, 5) is 4.34. The molecule has 3 heteroatoms. The van der Waals surface area contributed by atoms with Crippen LogP contribution in [0.25, 0.3) is 0 Å². The van der Waals surface area contributed by atoms with Crippen molar-refractivity contribution in [1.29, 1.82) is 0 Å². The monoisotopic (exact) mass is 230 g/mol. The van der Waals surface area contributed by atoms with Gasteiger partial charge in [0.25, 0.3) is 0 Å². The molecule has 2 aromatic heterocycles. The summed E-state index contributed by atoms with van der Waals surface area (Å²) < 4.78 is 5.30. The standard InChI is InChI=1S/C14H18N2O/c1-11(14-6-2-3-9-16-14)13(15)8-7-12-5-4-10-17-12/h2-6,9-11,13H,7-8,15H2,1H3. The van der Waals surface area contributed by atoms with E-state index in [1.165, 1.54) is 0 Å². The third-order valence-corrected chi connectivity index (χ3v) is 3.10. The molecule has 0 bridgehead atoms. The van der Waals surface area contributed by atoms with E-state index in [1.807, 2.05) is 36.5 Å². The minimum Gasteiger partial charge on any atom is -0.469 e. The molecule has 2 heterocycles. The number of hydrogen-bond donors (Lipinski definition) is 1. The van der Waals surface area contributed by atoms with Crippen molar-refractivity contribution in [3.8, 4) is 0 Å². The maximum atomic E-state index is 6.18. The second-order valence-electron chi connectivity index (χ2n) is 4.33. The van der Waals surface area contributed by atoms with Crippen molar-refractivity contribution in [2.45, 2.75) is 31.7 Å². The van der Waals surface area contributed by atoms with E-state index < -0.39 is 0 Å². The predicted molar refractivity (Wildman–Crippen MR) is 67.7 cm³/mol. The van der Waals surface area contributed by atoms with Gasteiger partial charge in [-0.05, 0) is 30.7 Å². The minimum absolute atomic E-state index is 0.106. The fourth-order valence-corrected chi connectivity index (χ4v) is 1.88. The van der Waals surface area contributed by atoms with Crippen LogP contribution in [0.1, 0.15) is 30.7 Å². The second-order valence-corrected chi connectivity index (χ2v) is 4.33. The van der Waals surface area contributed by atoms with Gasteiger partial charge in [0.15, 0.2) is 0 Å². The Morgan fingerprint density at radius 2 is 2.18 bits per heavy atom. The Bertz CT molecular complexity index is 425. The van der Waals surface area contributed by atoms with Crippen LogP contribution in [0, 0.1) is 0 Å². The molecular formula is C14H18N2O. The molecule has 0 radical (unpaired) electrons. The smallest absolute Gasteiger partial charge is 0.103 e. The molecular weight excluding hydrogens is 212 g/mol. The van der Waals surface area contributed by atoms with Crippen molar-refractivity contribution < 1.29 is 4.42 Å². The fraction of sp³-hybridized carbons (Fsp3) is 0.357. The van der Waals surface area contributed by atoms with E-state index >= 15 is 0 Å². The largest absolute Gasteiger partial charge is 0.469 e. The first-order valence-corrected chi connectivity index (χ1v) is 5.96. The Labute approximate surface area is 102 Å². The zero-order valence-corrected chi connectivity index (χ0v) is 10.0. The summed E-state index contributed by atoms with van der Waals surface area (Å²) in [6.07, 6.45) is 5.30. The van der Waals surface area contributed by atoms with Gasteiger partial charge in [-0.25, -0.2) is 0 Å². The van der Waals surface area contributed by atoms with E-state index in [4.69, 9.17) is 10.2 Å². The van der Waals surface area contributed by atoms with Gasteiger partial charge in [-0.1, -0.05) is 13.0 Å². The molecule has 3 nitrogen and oxygen atoms in total. The van der Waals surface area contributed by atoms with Crippen LogP contribution in [0.5, 0.6) is 0 Å². The maximum absolute atomic E-state index is 6.18. The van der Waals surface area contributed by atoms with Gasteiger partial charge < -0.3 is 10.2 Å². The second kappa shape index (κ2) is 5.64. The Morgan fingerprint density at radius 1 is 1.29 bits per heavy atom. The Kier molecular flexibility index (Phi) is 3.94. The minimum atomic E-state index is 0.106. The van der Waals surface area contributed by atoms with Crippen LogP contribution in [0.3, 0.4) is 0 Å². The molecule has 2 unspecified atom stereocenters. The molecule has 2 N–H and O–H groups in total. The van der Waals surface area contributed by atoms with Gasteiger partial charge in [-0.3, -0.25) is 4.98 Å². The SMILES string of the molecule is CC(c1ccccn1)C(N)CCc1ccco1. The van der Waals surface area contributed by atoms with Gasteiger partial charge >= 0.3 is 0 Å². The van der Waals surface area contributed by atoms with Crippen LogP contribution in [-0.2, 0) is 6.42 Å². The molecule has 0 aliphatic heterocycles. The summed E-state index contributed by atoms with van der Waals surface area (Å²) in [6, 6.07) is 9.94. The van der Waals surface area contributed by atoms with Gasteiger partial charge in [0.2, 0.25) is 0 Å². The van der Waals surface area contributed by atoms with Gasteiger partial charge in [0, 0.05) is 30.3 Å². The molecule has 2 aromatic rings. The number of hydrogen-bond acceptors (Lipinski definition) is 3. The van der Waals surface area contributed by atoms with Gasteiger partial charge in [0.05, 0.1) is 6.26 Å². The number of furan rings is 1. The molecule has 0 saturated carbocycles. The fourth-order valence-electron chi connectivity index (χ4n) is 1.88. The maximum Gasteiger partial charge on any atom is 0.103 e. The third kappa shape index (κ3) is 3.17. The average Bonchev–Trinajstić information content (AvgIpc) is 2.89. The van der Waals surface area contributed by atoms with Crippen molar-refractivity contribution in [3.05, 3.63) is 54.2 Å². The van der Waals surface area contributed by atoms with Gasteiger partial charge in [-0.15, -0.1) is 0 Å². The van der Waals surface area contributed by atoms with E-state index in [2.05, 4.69) is 11.9 Å². The molecule has 0 amide bonds. The summed E-state index contributed by atoms with van der Waals surface area (Å²) in [5.74, 6) is 1.26. The van der Waals surface area contributed by atoms with Crippen molar-refractivity contribution >= 4 is 0 Å². The van der Waals surface area contributed by atoms with Crippen LogP contribution >= 0.6 is 0 Å². The van der Waals surface area contributed by atoms with Crippen LogP contribution in [0.4, 0.5) is 0 Å². The number of pyridine rings is 1. The molecule has 2 atom stereocenters. The lowest BCUT2D eigenvalue weighted by atomic mass is 9.94. The molecule has 0 aliphatic rings. The molecule has 0 saturated heterocycles. The number of nitrogens with two attached hydrogens (primary N) is 1. The highest BCUT2D eigenvalue weighted by molar-refractivity contribution is 5.11. The molecule has 0 spiro atoms. The first-order valence-electron chi connectivity index (χ1n) is 5.96. The number of nitrogens with zero attached hydrogens (tertiary/aromatic N) is 1. The van der Waals surface area contributed by atoms with Crippen LogP contribution in [-0.4, -0.2) is 11.0 Å². The normalized spacial score (nSPS) is 14.5. The summed E-state index contributed by atoms with van der Waals surface area (Å²) in [7, 11) is 0.